The van der Waals surface area contributed by atoms with Crippen LogP contribution in [0, 0.1) is 0 Å². The first-order chi connectivity index (χ1) is 9.69. The maximum Gasteiger partial charge on any atom is 0.0478 e. The van der Waals surface area contributed by atoms with Crippen molar-refractivity contribution in [1.29, 1.82) is 0 Å². The summed E-state index contributed by atoms with van der Waals surface area (Å²) in [7, 11) is 0. The van der Waals surface area contributed by atoms with Crippen molar-refractivity contribution in [3.8, 4) is 0 Å². The average molecular weight is 276 g/mol. The van der Waals surface area contributed by atoms with Gasteiger partial charge in [0.25, 0.3) is 0 Å². The molecule has 0 saturated carbocycles. The van der Waals surface area contributed by atoms with E-state index < -0.39 is 0 Å². The second-order valence-electron chi connectivity index (χ2n) is 5.51. The second kappa shape index (κ2) is 9.15. The zero-order valence-electron chi connectivity index (χ0n) is 13.9. The predicted octanol–water partition coefficient (Wildman–Crippen LogP) is 4.24. The molecule has 2 nitrogen and oxygen atoms in total. The summed E-state index contributed by atoms with van der Waals surface area (Å²) in [6.45, 7) is 13.5. The molecule has 0 saturated heterocycles. The zero-order chi connectivity index (χ0) is 15.0. The summed E-state index contributed by atoms with van der Waals surface area (Å²) in [6.07, 6.45) is 2.38. The summed E-state index contributed by atoms with van der Waals surface area (Å²) in [5.41, 5.74) is 1.41. The van der Waals surface area contributed by atoms with E-state index in [0.717, 1.165) is 13.1 Å². The Bertz CT molecular complexity index is 350. The van der Waals surface area contributed by atoms with Crippen LogP contribution in [-0.2, 0) is 0 Å². The van der Waals surface area contributed by atoms with Gasteiger partial charge in [-0.3, -0.25) is 4.90 Å². The number of nitrogens with zero attached hydrogens (tertiary/aromatic N) is 1. The normalized spacial score (nSPS) is 16.1. The first-order valence-electron chi connectivity index (χ1n) is 8.23. The van der Waals surface area contributed by atoms with Crippen molar-refractivity contribution in [2.45, 2.75) is 65.6 Å². The third-order valence-electron chi connectivity index (χ3n) is 4.33. The zero-order valence-corrected chi connectivity index (χ0v) is 13.9. The Labute approximate surface area is 125 Å². The monoisotopic (exact) mass is 276 g/mol. The lowest BCUT2D eigenvalue weighted by Gasteiger charge is -2.40. The summed E-state index contributed by atoms with van der Waals surface area (Å²) < 4.78 is 0. The second-order valence-corrected chi connectivity index (χ2v) is 5.51. The molecule has 0 aliphatic carbocycles. The number of benzene rings is 1. The van der Waals surface area contributed by atoms with E-state index in [1.165, 1.54) is 18.4 Å². The van der Waals surface area contributed by atoms with Gasteiger partial charge in [0.1, 0.15) is 0 Å². The van der Waals surface area contributed by atoms with Gasteiger partial charge in [0.05, 0.1) is 0 Å². The fourth-order valence-corrected chi connectivity index (χ4v) is 3.13. The van der Waals surface area contributed by atoms with Crippen molar-refractivity contribution in [2.75, 3.05) is 13.1 Å². The van der Waals surface area contributed by atoms with E-state index in [1.54, 1.807) is 0 Å². The van der Waals surface area contributed by atoms with Gasteiger partial charge in [0.2, 0.25) is 0 Å². The van der Waals surface area contributed by atoms with Crippen molar-refractivity contribution >= 4 is 0 Å². The molecule has 0 aliphatic heterocycles. The summed E-state index contributed by atoms with van der Waals surface area (Å²) in [6, 6.07) is 12.5. The minimum absolute atomic E-state index is 0.417. The van der Waals surface area contributed by atoms with Crippen LogP contribution < -0.4 is 5.32 Å². The lowest BCUT2D eigenvalue weighted by atomic mass is 9.94. The van der Waals surface area contributed by atoms with E-state index in [0.29, 0.717) is 18.1 Å². The Morgan fingerprint density at radius 3 is 2.10 bits per heavy atom. The average Bonchev–Trinajstić information content (AvgIpc) is 2.51. The maximum absolute atomic E-state index is 3.70. The van der Waals surface area contributed by atoms with Crippen LogP contribution in [0.25, 0.3) is 0 Å². The number of hydrogen-bond acceptors (Lipinski definition) is 2. The third-order valence-corrected chi connectivity index (χ3v) is 4.33. The highest BCUT2D eigenvalue weighted by atomic mass is 15.2. The lowest BCUT2D eigenvalue weighted by Crippen LogP contribution is -2.48. The van der Waals surface area contributed by atoms with E-state index in [1.807, 2.05) is 0 Å². The van der Waals surface area contributed by atoms with Gasteiger partial charge >= 0.3 is 0 Å². The molecular formula is C18H32N2. The smallest absolute Gasteiger partial charge is 0.0478 e. The topological polar surface area (TPSA) is 15.3 Å². The van der Waals surface area contributed by atoms with Crippen LogP contribution >= 0.6 is 0 Å². The van der Waals surface area contributed by atoms with Gasteiger partial charge in [-0.15, -0.1) is 0 Å². The molecule has 1 rings (SSSR count). The van der Waals surface area contributed by atoms with Crippen LogP contribution in [0.3, 0.4) is 0 Å². The van der Waals surface area contributed by atoms with E-state index >= 15 is 0 Å². The first kappa shape index (κ1) is 17.2. The SMILES string of the molecule is CCNC(c1ccccc1)C(CC)N(CC)C(C)CC. The van der Waals surface area contributed by atoms with Crippen LogP contribution in [0.1, 0.15) is 59.1 Å². The molecular weight excluding hydrogens is 244 g/mol. The van der Waals surface area contributed by atoms with Gasteiger partial charge in [-0.2, -0.15) is 0 Å². The Morgan fingerprint density at radius 1 is 1.00 bits per heavy atom. The Morgan fingerprint density at radius 2 is 1.65 bits per heavy atom. The molecule has 0 bridgehead atoms. The van der Waals surface area contributed by atoms with Crippen molar-refractivity contribution in [3.63, 3.8) is 0 Å². The molecule has 1 aromatic carbocycles. The van der Waals surface area contributed by atoms with Crippen molar-refractivity contribution in [3.05, 3.63) is 35.9 Å². The van der Waals surface area contributed by atoms with Crippen LogP contribution in [0.15, 0.2) is 30.3 Å². The van der Waals surface area contributed by atoms with Gasteiger partial charge in [-0.05, 0) is 38.4 Å². The van der Waals surface area contributed by atoms with Crippen molar-refractivity contribution in [1.82, 2.24) is 10.2 Å². The van der Waals surface area contributed by atoms with Gasteiger partial charge < -0.3 is 5.32 Å². The Balaban J connectivity index is 3.02. The van der Waals surface area contributed by atoms with Gasteiger partial charge in [0.15, 0.2) is 0 Å². The summed E-state index contributed by atoms with van der Waals surface area (Å²) >= 11 is 0. The fraction of sp³-hybridized carbons (Fsp3) is 0.667. The number of rotatable bonds is 9. The highest BCUT2D eigenvalue weighted by Gasteiger charge is 2.28. The number of nitrogens with one attached hydrogen (secondary N) is 1. The summed E-state index contributed by atoms with van der Waals surface area (Å²) in [5.74, 6) is 0. The molecule has 1 aromatic rings. The van der Waals surface area contributed by atoms with E-state index in [-0.39, 0.29) is 0 Å². The summed E-state index contributed by atoms with van der Waals surface area (Å²) in [5, 5.41) is 3.70. The largest absolute Gasteiger partial charge is 0.309 e. The van der Waals surface area contributed by atoms with E-state index in [9.17, 15) is 0 Å². The third kappa shape index (κ3) is 4.32. The highest BCUT2D eigenvalue weighted by Crippen LogP contribution is 2.25. The Kier molecular flexibility index (Phi) is 7.86. The molecule has 3 atom stereocenters. The van der Waals surface area contributed by atoms with Crippen LogP contribution in [0.4, 0.5) is 0 Å². The van der Waals surface area contributed by atoms with Crippen LogP contribution in [0.2, 0.25) is 0 Å². The van der Waals surface area contributed by atoms with Crippen LogP contribution in [-0.4, -0.2) is 30.1 Å². The fourth-order valence-electron chi connectivity index (χ4n) is 3.13. The molecule has 20 heavy (non-hydrogen) atoms. The van der Waals surface area contributed by atoms with Gasteiger partial charge in [-0.25, -0.2) is 0 Å². The molecule has 0 amide bonds. The van der Waals surface area contributed by atoms with E-state index in [2.05, 4.69) is 75.2 Å². The molecule has 1 N–H and O–H groups in total. The lowest BCUT2D eigenvalue weighted by molar-refractivity contribution is 0.112. The molecule has 0 heterocycles. The highest BCUT2D eigenvalue weighted by molar-refractivity contribution is 5.21. The maximum atomic E-state index is 3.70. The van der Waals surface area contributed by atoms with Gasteiger partial charge in [0, 0.05) is 18.1 Å². The number of likely N-dealkylation sites (N-methyl/N-ethyl adjacent to an activating group) is 2. The molecule has 0 spiro atoms. The van der Waals surface area contributed by atoms with Gasteiger partial charge in [-0.1, -0.05) is 58.0 Å². The first-order valence-corrected chi connectivity index (χ1v) is 8.23. The standard InChI is InChI=1S/C18H32N2/c1-6-15(5)20(9-4)17(7-2)18(19-8-3)16-13-11-10-12-14-16/h10-15,17-19H,6-9H2,1-5H3. The van der Waals surface area contributed by atoms with E-state index in [4.69, 9.17) is 0 Å². The predicted molar refractivity (Wildman–Crippen MR) is 89.1 cm³/mol. The molecule has 0 fully saturated rings. The quantitative estimate of drug-likeness (QED) is 0.726. The minimum atomic E-state index is 0.417. The molecule has 0 radical (unpaired) electrons. The molecule has 0 aliphatic rings. The molecule has 114 valence electrons. The number of hydrogen-bond donors (Lipinski definition) is 1. The van der Waals surface area contributed by atoms with Crippen LogP contribution in [0.5, 0.6) is 0 Å². The van der Waals surface area contributed by atoms with Crippen molar-refractivity contribution < 1.29 is 0 Å². The van der Waals surface area contributed by atoms with Crippen molar-refractivity contribution in [2.24, 2.45) is 0 Å². The molecule has 0 aromatic heterocycles. The molecule has 2 heteroatoms. The summed E-state index contributed by atoms with van der Waals surface area (Å²) in [4.78, 5) is 2.65. The molecule has 3 unspecified atom stereocenters. The minimum Gasteiger partial charge on any atom is -0.309 e. The Hall–Kier alpha value is -0.860.